The van der Waals surface area contributed by atoms with Gasteiger partial charge in [0.2, 0.25) is 0 Å². The Morgan fingerprint density at radius 2 is 1.85 bits per heavy atom. The van der Waals surface area contributed by atoms with E-state index in [0.717, 1.165) is 5.92 Å². The standard InChI is InChI=1S/C11H24N2/c1-9-6-10(12-13(4)5)8-11(2,3)7-9/h9-10,12H,6-8H2,1-5H3. The predicted molar refractivity (Wildman–Crippen MR) is 57.4 cm³/mol. The predicted octanol–water partition coefficient (Wildman–Crippen LogP) is 2.27. The number of rotatable bonds is 2. The molecule has 0 spiro atoms. The van der Waals surface area contributed by atoms with E-state index in [2.05, 4.69) is 45.3 Å². The van der Waals surface area contributed by atoms with E-state index in [9.17, 15) is 0 Å². The van der Waals surface area contributed by atoms with Crippen molar-refractivity contribution in [1.82, 2.24) is 10.4 Å². The molecular formula is C11H24N2. The SMILES string of the molecule is CC1CC(NN(C)C)CC(C)(C)C1. The Bertz CT molecular complexity index is 161. The molecule has 0 amide bonds. The molecule has 1 N–H and O–H groups in total. The van der Waals surface area contributed by atoms with E-state index in [-0.39, 0.29) is 0 Å². The molecule has 0 heterocycles. The third-order valence-corrected chi connectivity index (χ3v) is 2.83. The van der Waals surface area contributed by atoms with E-state index < -0.39 is 0 Å². The molecule has 2 heteroatoms. The minimum absolute atomic E-state index is 0.519. The van der Waals surface area contributed by atoms with Crippen LogP contribution in [-0.2, 0) is 0 Å². The third kappa shape index (κ3) is 3.65. The molecule has 0 aromatic carbocycles. The Kier molecular flexibility index (Phi) is 3.36. The number of nitrogens with one attached hydrogen (secondary N) is 1. The lowest BCUT2D eigenvalue weighted by atomic mass is 9.71. The van der Waals surface area contributed by atoms with Crippen LogP contribution in [-0.4, -0.2) is 25.1 Å². The maximum Gasteiger partial charge on any atom is 0.0222 e. The molecule has 0 aromatic heterocycles. The highest BCUT2D eigenvalue weighted by atomic mass is 15.5. The molecule has 0 aromatic rings. The van der Waals surface area contributed by atoms with Crippen LogP contribution in [0.3, 0.4) is 0 Å². The fraction of sp³-hybridized carbons (Fsp3) is 1.00. The minimum atomic E-state index is 0.519. The van der Waals surface area contributed by atoms with E-state index >= 15 is 0 Å². The summed E-state index contributed by atoms with van der Waals surface area (Å²) in [6.07, 6.45) is 4.00. The number of hydrogen-bond donors (Lipinski definition) is 1. The van der Waals surface area contributed by atoms with E-state index in [1.807, 2.05) is 0 Å². The first-order chi connectivity index (χ1) is 5.89. The summed E-state index contributed by atoms with van der Waals surface area (Å²) in [5, 5.41) is 2.08. The van der Waals surface area contributed by atoms with Gasteiger partial charge in [-0.2, -0.15) is 0 Å². The van der Waals surface area contributed by atoms with Gasteiger partial charge in [0.05, 0.1) is 0 Å². The average molecular weight is 184 g/mol. The van der Waals surface area contributed by atoms with Gasteiger partial charge in [-0.3, -0.25) is 10.4 Å². The second-order valence-electron chi connectivity index (χ2n) is 5.63. The quantitative estimate of drug-likeness (QED) is 0.662. The topological polar surface area (TPSA) is 15.3 Å². The van der Waals surface area contributed by atoms with Crippen molar-refractivity contribution in [2.75, 3.05) is 14.1 Å². The lowest BCUT2D eigenvalue weighted by molar-refractivity contribution is 0.107. The normalized spacial score (nSPS) is 33.7. The summed E-state index contributed by atoms with van der Waals surface area (Å²) in [6, 6.07) is 0.675. The molecule has 1 aliphatic carbocycles. The van der Waals surface area contributed by atoms with E-state index in [0.29, 0.717) is 11.5 Å². The maximum absolute atomic E-state index is 3.50. The first-order valence-corrected chi connectivity index (χ1v) is 5.32. The summed E-state index contributed by atoms with van der Waals surface area (Å²) in [7, 11) is 4.15. The van der Waals surface area contributed by atoms with Gasteiger partial charge >= 0.3 is 0 Å². The summed E-state index contributed by atoms with van der Waals surface area (Å²) < 4.78 is 0. The molecule has 13 heavy (non-hydrogen) atoms. The van der Waals surface area contributed by atoms with Gasteiger partial charge in [-0.25, -0.2) is 0 Å². The molecular weight excluding hydrogens is 160 g/mol. The van der Waals surface area contributed by atoms with E-state index in [1.54, 1.807) is 0 Å². The van der Waals surface area contributed by atoms with Crippen molar-refractivity contribution in [2.24, 2.45) is 11.3 Å². The van der Waals surface area contributed by atoms with E-state index in [4.69, 9.17) is 0 Å². The van der Waals surface area contributed by atoms with Gasteiger partial charge in [0.1, 0.15) is 0 Å². The van der Waals surface area contributed by atoms with Gasteiger partial charge in [0, 0.05) is 20.1 Å². The fourth-order valence-electron chi connectivity index (χ4n) is 2.81. The third-order valence-electron chi connectivity index (χ3n) is 2.83. The number of hydrogen-bond acceptors (Lipinski definition) is 2. The van der Waals surface area contributed by atoms with Crippen molar-refractivity contribution in [3.63, 3.8) is 0 Å². The monoisotopic (exact) mass is 184 g/mol. The Morgan fingerprint density at radius 3 is 2.31 bits per heavy atom. The smallest absolute Gasteiger partial charge is 0.0222 e. The summed E-state index contributed by atoms with van der Waals surface area (Å²) in [5.41, 5.74) is 4.02. The maximum atomic E-state index is 3.50. The van der Waals surface area contributed by atoms with Crippen LogP contribution in [0.1, 0.15) is 40.0 Å². The molecule has 2 atom stereocenters. The highest BCUT2D eigenvalue weighted by Crippen LogP contribution is 2.38. The Labute approximate surface area is 82.7 Å². The summed E-state index contributed by atoms with van der Waals surface area (Å²) >= 11 is 0. The molecule has 0 bridgehead atoms. The molecule has 0 radical (unpaired) electrons. The zero-order valence-corrected chi connectivity index (χ0v) is 9.72. The van der Waals surface area contributed by atoms with Gasteiger partial charge in [-0.1, -0.05) is 20.8 Å². The lowest BCUT2D eigenvalue weighted by Crippen LogP contribution is -2.45. The molecule has 78 valence electrons. The zero-order chi connectivity index (χ0) is 10.1. The highest BCUT2D eigenvalue weighted by Gasteiger charge is 2.31. The fourth-order valence-corrected chi connectivity index (χ4v) is 2.81. The molecule has 0 aliphatic heterocycles. The molecule has 0 saturated heterocycles. The Balaban J connectivity index is 2.48. The van der Waals surface area contributed by atoms with Crippen LogP contribution in [0, 0.1) is 11.3 Å². The second kappa shape index (κ2) is 3.97. The van der Waals surface area contributed by atoms with Gasteiger partial charge < -0.3 is 0 Å². The van der Waals surface area contributed by atoms with Crippen molar-refractivity contribution in [1.29, 1.82) is 0 Å². The largest absolute Gasteiger partial charge is 0.253 e. The molecule has 2 nitrogen and oxygen atoms in total. The van der Waals surface area contributed by atoms with Crippen molar-refractivity contribution < 1.29 is 0 Å². The van der Waals surface area contributed by atoms with Crippen LogP contribution in [0.4, 0.5) is 0 Å². The molecule has 1 saturated carbocycles. The zero-order valence-electron chi connectivity index (χ0n) is 9.72. The number of nitrogens with zero attached hydrogens (tertiary/aromatic N) is 1. The summed E-state index contributed by atoms with van der Waals surface area (Å²) in [6.45, 7) is 7.13. The van der Waals surface area contributed by atoms with Crippen LogP contribution in [0.25, 0.3) is 0 Å². The first kappa shape index (κ1) is 11.0. The number of hydrazine groups is 1. The Morgan fingerprint density at radius 1 is 1.23 bits per heavy atom. The van der Waals surface area contributed by atoms with Gasteiger partial charge in [-0.15, -0.1) is 0 Å². The van der Waals surface area contributed by atoms with Crippen LogP contribution in [0.2, 0.25) is 0 Å². The van der Waals surface area contributed by atoms with Gasteiger partial charge in [-0.05, 0) is 30.6 Å². The molecule has 2 unspecified atom stereocenters. The average Bonchev–Trinajstić information content (AvgIpc) is 1.78. The van der Waals surface area contributed by atoms with Crippen LogP contribution in [0.15, 0.2) is 0 Å². The molecule has 1 rings (SSSR count). The van der Waals surface area contributed by atoms with Crippen LogP contribution < -0.4 is 5.43 Å². The summed E-state index contributed by atoms with van der Waals surface area (Å²) in [5.74, 6) is 0.862. The van der Waals surface area contributed by atoms with Crippen LogP contribution in [0.5, 0.6) is 0 Å². The van der Waals surface area contributed by atoms with Crippen molar-refractivity contribution in [2.45, 2.75) is 46.1 Å². The lowest BCUT2D eigenvalue weighted by Gasteiger charge is -2.40. The minimum Gasteiger partial charge on any atom is -0.253 e. The summed E-state index contributed by atoms with van der Waals surface area (Å²) in [4.78, 5) is 0. The second-order valence-corrected chi connectivity index (χ2v) is 5.63. The van der Waals surface area contributed by atoms with E-state index in [1.165, 1.54) is 19.3 Å². The van der Waals surface area contributed by atoms with Gasteiger partial charge in [0.15, 0.2) is 0 Å². The van der Waals surface area contributed by atoms with Crippen molar-refractivity contribution >= 4 is 0 Å². The molecule has 1 aliphatic rings. The van der Waals surface area contributed by atoms with Crippen molar-refractivity contribution in [3.8, 4) is 0 Å². The highest BCUT2D eigenvalue weighted by molar-refractivity contribution is 4.85. The van der Waals surface area contributed by atoms with Gasteiger partial charge in [0.25, 0.3) is 0 Å². The van der Waals surface area contributed by atoms with Crippen molar-refractivity contribution in [3.05, 3.63) is 0 Å². The first-order valence-electron chi connectivity index (χ1n) is 5.32. The van der Waals surface area contributed by atoms with Crippen LogP contribution >= 0.6 is 0 Å². The Hall–Kier alpha value is -0.0800. The molecule has 1 fully saturated rings.